The molecule has 1 aliphatic carbocycles. The Hall–Kier alpha value is -0.570. The number of ether oxygens (including phenoxy) is 2. The third-order valence-corrected chi connectivity index (χ3v) is 2.59. The first-order valence-corrected chi connectivity index (χ1v) is 4.67. The zero-order valence-corrected chi connectivity index (χ0v) is 7.12. The molecule has 2 fully saturated rings. The fraction of sp³-hybridized carbons (Fsp3) is 0.889. The third-order valence-electron chi connectivity index (χ3n) is 2.59. The molecule has 1 saturated heterocycles. The van der Waals surface area contributed by atoms with Crippen molar-refractivity contribution in [1.29, 1.82) is 0 Å². The van der Waals surface area contributed by atoms with Gasteiger partial charge in [-0.05, 0) is 19.3 Å². The Labute approximate surface area is 72.0 Å². The number of fused-ring (bicyclic) bond motifs is 1. The van der Waals surface area contributed by atoms with E-state index in [0.29, 0.717) is 0 Å². The number of hydrogen-bond acceptors (Lipinski definition) is 3. The van der Waals surface area contributed by atoms with Gasteiger partial charge in [0.2, 0.25) is 0 Å². The van der Waals surface area contributed by atoms with Crippen molar-refractivity contribution >= 4 is 5.97 Å². The van der Waals surface area contributed by atoms with Crippen molar-refractivity contribution in [3.63, 3.8) is 0 Å². The van der Waals surface area contributed by atoms with Gasteiger partial charge < -0.3 is 9.47 Å². The first-order chi connectivity index (χ1) is 5.86. The Morgan fingerprint density at radius 2 is 1.83 bits per heavy atom. The molecule has 1 heterocycles. The predicted octanol–water partition coefficient (Wildman–Crippen LogP) is 1.26. The molecule has 0 aromatic rings. The second-order valence-corrected chi connectivity index (χ2v) is 3.52. The van der Waals surface area contributed by atoms with E-state index in [2.05, 4.69) is 0 Å². The molecule has 3 nitrogen and oxygen atoms in total. The van der Waals surface area contributed by atoms with Gasteiger partial charge in [0.1, 0.15) is 12.7 Å². The van der Waals surface area contributed by atoms with Crippen molar-refractivity contribution in [2.75, 3.05) is 6.61 Å². The average molecular weight is 170 g/mol. The first-order valence-electron chi connectivity index (χ1n) is 4.67. The first kappa shape index (κ1) is 8.05. The van der Waals surface area contributed by atoms with E-state index in [4.69, 9.17) is 9.47 Å². The van der Waals surface area contributed by atoms with Gasteiger partial charge in [-0.25, -0.2) is 4.79 Å². The molecule has 1 saturated carbocycles. The Morgan fingerprint density at radius 3 is 2.67 bits per heavy atom. The maximum atomic E-state index is 10.9. The van der Waals surface area contributed by atoms with Crippen molar-refractivity contribution in [3.8, 4) is 0 Å². The topological polar surface area (TPSA) is 35.5 Å². The lowest BCUT2D eigenvalue weighted by molar-refractivity contribution is -0.183. The molecular formula is C9H14O3. The summed E-state index contributed by atoms with van der Waals surface area (Å²) >= 11 is 0. The maximum Gasteiger partial charge on any atom is 0.332 e. The molecule has 0 aromatic carbocycles. The largest absolute Gasteiger partial charge is 0.458 e. The van der Waals surface area contributed by atoms with E-state index in [1.165, 1.54) is 12.8 Å². The highest BCUT2D eigenvalue weighted by atomic mass is 16.6. The van der Waals surface area contributed by atoms with Crippen LogP contribution in [-0.4, -0.2) is 24.8 Å². The molecule has 0 spiro atoms. The van der Waals surface area contributed by atoms with Crippen molar-refractivity contribution in [2.24, 2.45) is 0 Å². The molecule has 0 aromatic heterocycles. The number of esters is 1. The zero-order chi connectivity index (χ0) is 8.39. The van der Waals surface area contributed by atoms with E-state index in [9.17, 15) is 4.79 Å². The second-order valence-electron chi connectivity index (χ2n) is 3.52. The van der Waals surface area contributed by atoms with Gasteiger partial charge in [0.05, 0.1) is 6.10 Å². The van der Waals surface area contributed by atoms with Crippen molar-refractivity contribution in [1.82, 2.24) is 0 Å². The summed E-state index contributed by atoms with van der Waals surface area (Å²) in [5.41, 5.74) is 0. The van der Waals surface area contributed by atoms with Crippen LogP contribution in [0.1, 0.15) is 32.1 Å². The predicted molar refractivity (Wildman–Crippen MR) is 42.7 cm³/mol. The van der Waals surface area contributed by atoms with Gasteiger partial charge in [-0.1, -0.05) is 12.8 Å². The molecule has 2 unspecified atom stereocenters. The van der Waals surface area contributed by atoms with Crippen LogP contribution in [0.4, 0.5) is 0 Å². The molecular weight excluding hydrogens is 156 g/mol. The highest BCUT2D eigenvalue weighted by molar-refractivity contribution is 5.71. The monoisotopic (exact) mass is 170 g/mol. The Kier molecular flexibility index (Phi) is 2.30. The molecule has 0 radical (unpaired) electrons. The Balaban J connectivity index is 1.99. The summed E-state index contributed by atoms with van der Waals surface area (Å²) in [6.45, 7) is 0.154. The van der Waals surface area contributed by atoms with E-state index in [1.807, 2.05) is 0 Å². The minimum atomic E-state index is -0.196. The summed E-state index contributed by atoms with van der Waals surface area (Å²) < 4.78 is 10.6. The summed E-state index contributed by atoms with van der Waals surface area (Å²) in [6.07, 6.45) is 5.89. The molecule has 12 heavy (non-hydrogen) atoms. The highest BCUT2D eigenvalue weighted by Gasteiger charge is 2.32. The number of carbonyl (C=O) groups is 1. The fourth-order valence-electron chi connectivity index (χ4n) is 1.94. The normalized spacial score (nSPS) is 36.5. The fourth-order valence-corrected chi connectivity index (χ4v) is 1.94. The van der Waals surface area contributed by atoms with E-state index in [-0.39, 0.29) is 24.8 Å². The molecule has 68 valence electrons. The van der Waals surface area contributed by atoms with Gasteiger partial charge in [-0.2, -0.15) is 0 Å². The van der Waals surface area contributed by atoms with Crippen LogP contribution >= 0.6 is 0 Å². The van der Waals surface area contributed by atoms with Gasteiger partial charge in [0.25, 0.3) is 0 Å². The number of hydrogen-bond donors (Lipinski definition) is 0. The van der Waals surface area contributed by atoms with E-state index in [1.54, 1.807) is 0 Å². The van der Waals surface area contributed by atoms with E-state index >= 15 is 0 Å². The number of carbonyl (C=O) groups excluding carboxylic acids is 1. The van der Waals surface area contributed by atoms with Gasteiger partial charge in [-0.15, -0.1) is 0 Å². The minimum absolute atomic E-state index is 0.0498. The number of rotatable bonds is 0. The lowest BCUT2D eigenvalue weighted by atomic mass is 10.1. The third kappa shape index (κ3) is 1.61. The average Bonchev–Trinajstić information content (AvgIpc) is 2.28. The molecule has 3 heteroatoms. The lowest BCUT2D eigenvalue weighted by Crippen LogP contribution is -2.40. The molecule has 2 rings (SSSR count). The summed E-state index contributed by atoms with van der Waals surface area (Å²) in [4.78, 5) is 10.9. The second kappa shape index (κ2) is 3.44. The van der Waals surface area contributed by atoms with Gasteiger partial charge in [0, 0.05) is 0 Å². The van der Waals surface area contributed by atoms with Crippen LogP contribution in [0.2, 0.25) is 0 Å². The Morgan fingerprint density at radius 1 is 1.08 bits per heavy atom. The van der Waals surface area contributed by atoms with Crippen LogP contribution in [-0.2, 0) is 14.3 Å². The van der Waals surface area contributed by atoms with Crippen LogP contribution in [0.25, 0.3) is 0 Å². The quantitative estimate of drug-likeness (QED) is 0.513. The summed E-state index contributed by atoms with van der Waals surface area (Å²) in [5, 5.41) is 0. The summed E-state index contributed by atoms with van der Waals surface area (Å²) in [5.74, 6) is -0.196. The van der Waals surface area contributed by atoms with E-state index in [0.717, 1.165) is 19.3 Å². The molecule has 2 aliphatic rings. The molecule has 0 N–H and O–H groups in total. The Bertz CT molecular complexity index is 179. The molecule has 0 bridgehead atoms. The summed E-state index contributed by atoms with van der Waals surface area (Å²) in [6, 6.07) is 0. The van der Waals surface area contributed by atoms with Gasteiger partial charge >= 0.3 is 5.97 Å². The van der Waals surface area contributed by atoms with Crippen molar-refractivity contribution < 1.29 is 14.3 Å². The summed E-state index contributed by atoms with van der Waals surface area (Å²) in [7, 11) is 0. The van der Waals surface area contributed by atoms with E-state index < -0.39 is 0 Å². The molecule has 1 aliphatic heterocycles. The highest BCUT2D eigenvalue weighted by Crippen LogP contribution is 2.25. The van der Waals surface area contributed by atoms with Crippen LogP contribution in [0.3, 0.4) is 0 Å². The SMILES string of the molecule is O=C1COC2CCCCCC2O1. The standard InChI is InChI=1S/C9H14O3/c10-9-6-11-7-4-2-1-3-5-8(7)12-9/h7-8H,1-6H2. The minimum Gasteiger partial charge on any atom is -0.458 e. The molecule has 0 amide bonds. The van der Waals surface area contributed by atoms with Crippen LogP contribution in [0.5, 0.6) is 0 Å². The zero-order valence-electron chi connectivity index (χ0n) is 7.12. The maximum absolute atomic E-state index is 10.9. The van der Waals surface area contributed by atoms with Gasteiger partial charge in [0.15, 0.2) is 0 Å². The van der Waals surface area contributed by atoms with Crippen molar-refractivity contribution in [2.45, 2.75) is 44.3 Å². The lowest BCUT2D eigenvalue weighted by Gasteiger charge is -2.29. The molecule has 2 atom stereocenters. The van der Waals surface area contributed by atoms with Gasteiger partial charge in [-0.3, -0.25) is 0 Å². The van der Waals surface area contributed by atoms with Crippen LogP contribution < -0.4 is 0 Å². The van der Waals surface area contributed by atoms with Crippen molar-refractivity contribution in [3.05, 3.63) is 0 Å². The van der Waals surface area contributed by atoms with Crippen LogP contribution in [0.15, 0.2) is 0 Å². The van der Waals surface area contributed by atoms with Crippen LogP contribution in [0, 0.1) is 0 Å². The smallest absolute Gasteiger partial charge is 0.332 e.